The molecule has 0 saturated heterocycles. The monoisotopic (exact) mass is 505 g/mol. The molecule has 0 spiro atoms. The van der Waals surface area contributed by atoms with Gasteiger partial charge in [-0.05, 0) is 79.3 Å². The van der Waals surface area contributed by atoms with Crippen LogP contribution in [-0.4, -0.2) is 29.8 Å². The number of hydrogen-bond donors (Lipinski definition) is 1. The minimum atomic E-state index is -0.152. The molecule has 1 amide bonds. The summed E-state index contributed by atoms with van der Waals surface area (Å²) in [5.74, 6) is 2.11. The Balaban J connectivity index is 1.36. The van der Waals surface area contributed by atoms with Gasteiger partial charge in [-0.1, -0.05) is 35.6 Å². The minimum Gasteiger partial charge on any atom is -0.378 e. The first-order chi connectivity index (χ1) is 16.9. The maximum atomic E-state index is 13.2. The summed E-state index contributed by atoms with van der Waals surface area (Å²) in [4.78, 5) is 29.5. The number of rotatable bonds is 5. The molecule has 0 unspecified atom stereocenters. The van der Waals surface area contributed by atoms with Crippen LogP contribution in [0, 0.1) is 24.7 Å². The molecule has 2 heterocycles. The Morgan fingerprint density at radius 1 is 1.11 bits per heavy atom. The van der Waals surface area contributed by atoms with Gasteiger partial charge in [0.2, 0.25) is 5.91 Å². The summed E-state index contributed by atoms with van der Waals surface area (Å²) in [6, 6.07) is 16.7. The molecule has 3 aliphatic rings. The highest BCUT2D eigenvalue weighted by atomic mass is 32.2. The second-order valence-corrected chi connectivity index (χ2v) is 12.7. The van der Waals surface area contributed by atoms with E-state index in [2.05, 4.69) is 48.6 Å². The number of aromatic nitrogens is 1. The molecule has 0 radical (unpaired) electrons. The van der Waals surface area contributed by atoms with E-state index in [0.29, 0.717) is 11.2 Å². The van der Waals surface area contributed by atoms with E-state index in [1.165, 1.54) is 41.9 Å². The SMILES string of the molecule is Cc1cccc(NC(=O)Cn2c3c(sc2=O)[C@@H](c2ccc(N(C)C)cc2)[C@@H]2[C@H]4CC[C@@H](C4)[C@H]2S3)c1. The first kappa shape index (κ1) is 22.9. The van der Waals surface area contributed by atoms with Gasteiger partial charge in [0, 0.05) is 41.5 Å². The van der Waals surface area contributed by atoms with Crippen LogP contribution in [0.15, 0.2) is 58.4 Å². The van der Waals surface area contributed by atoms with Crippen LogP contribution in [0.5, 0.6) is 0 Å². The van der Waals surface area contributed by atoms with Crippen LogP contribution in [0.2, 0.25) is 0 Å². The van der Waals surface area contributed by atoms with Crippen molar-refractivity contribution in [3.05, 3.63) is 74.2 Å². The van der Waals surface area contributed by atoms with Crippen molar-refractivity contribution in [2.75, 3.05) is 24.3 Å². The summed E-state index contributed by atoms with van der Waals surface area (Å²) >= 11 is 3.23. The van der Waals surface area contributed by atoms with Crippen molar-refractivity contribution in [2.24, 2.45) is 17.8 Å². The Kier molecular flexibility index (Phi) is 5.80. The highest BCUT2D eigenvalue weighted by Gasteiger charge is 2.55. The predicted octanol–water partition coefficient (Wildman–Crippen LogP) is 5.58. The zero-order valence-electron chi connectivity index (χ0n) is 20.4. The number of fused-ring (bicyclic) bond motifs is 6. The van der Waals surface area contributed by atoms with Crippen LogP contribution >= 0.6 is 23.1 Å². The average molecular weight is 506 g/mol. The molecule has 6 rings (SSSR count). The van der Waals surface area contributed by atoms with Crippen molar-refractivity contribution in [2.45, 2.75) is 48.9 Å². The number of aryl methyl sites for hydroxylation is 1. The summed E-state index contributed by atoms with van der Waals surface area (Å²) in [5, 5.41) is 4.53. The van der Waals surface area contributed by atoms with Gasteiger partial charge in [-0.3, -0.25) is 14.2 Å². The molecule has 182 valence electrons. The van der Waals surface area contributed by atoms with E-state index in [0.717, 1.165) is 33.0 Å². The van der Waals surface area contributed by atoms with Gasteiger partial charge in [-0.15, -0.1) is 11.8 Å². The van der Waals surface area contributed by atoms with Gasteiger partial charge in [-0.2, -0.15) is 0 Å². The number of nitrogens with zero attached hydrogens (tertiary/aromatic N) is 2. The minimum absolute atomic E-state index is 0.0240. The summed E-state index contributed by atoms with van der Waals surface area (Å²) in [5.41, 5.74) is 4.35. The zero-order valence-corrected chi connectivity index (χ0v) is 22.0. The summed E-state index contributed by atoms with van der Waals surface area (Å²) < 4.78 is 1.74. The van der Waals surface area contributed by atoms with Gasteiger partial charge in [0.25, 0.3) is 0 Å². The van der Waals surface area contributed by atoms with Gasteiger partial charge < -0.3 is 10.2 Å². The molecule has 1 N–H and O–H groups in total. The zero-order chi connectivity index (χ0) is 24.3. The van der Waals surface area contributed by atoms with Crippen LogP contribution in [0.3, 0.4) is 0 Å². The summed E-state index contributed by atoms with van der Waals surface area (Å²) in [7, 11) is 4.12. The second kappa shape index (κ2) is 8.86. The number of thioether (sulfide) groups is 1. The van der Waals surface area contributed by atoms with Gasteiger partial charge in [0.15, 0.2) is 0 Å². The van der Waals surface area contributed by atoms with Crippen molar-refractivity contribution in [1.29, 1.82) is 0 Å². The molecule has 2 bridgehead atoms. The largest absolute Gasteiger partial charge is 0.378 e. The quantitative estimate of drug-likeness (QED) is 0.492. The van der Waals surface area contributed by atoms with Crippen molar-refractivity contribution in [1.82, 2.24) is 4.57 Å². The number of thiazole rings is 1. The summed E-state index contributed by atoms with van der Waals surface area (Å²) in [6.45, 7) is 2.06. The fourth-order valence-corrected chi connectivity index (χ4v) is 9.66. The predicted molar refractivity (Wildman–Crippen MR) is 145 cm³/mol. The lowest BCUT2D eigenvalue weighted by Gasteiger charge is -2.40. The fraction of sp³-hybridized carbons (Fsp3) is 0.429. The molecule has 5 nitrogen and oxygen atoms in total. The Hall–Kier alpha value is -2.51. The van der Waals surface area contributed by atoms with Crippen LogP contribution in [0.4, 0.5) is 11.4 Å². The number of hydrogen-bond acceptors (Lipinski definition) is 5. The second-order valence-electron chi connectivity index (χ2n) is 10.5. The maximum absolute atomic E-state index is 13.2. The van der Waals surface area contributed by atoms with Crippen LogP contribution in [-0.2, 0) is 11.3 Å². The lowest BCUT2D eigenvalue weighted by Crippen LogP contribution is -2.34. The van der Waals surface area contributed by atoms with Gasteiger partial charge in [0.1, 0.15) is 6.54 Å². The van der Waals surface area contributed by atoms with Gasteiger partial charge in [0.05, 0.1) is 5.03 Å². The highest BCUT2D eigenvalue weighted by molar-refractivity contribution is 8.00. The standard InChI is InChI=1S/C28H31N3O2S2/c1-16-5-4-6-20(13-16)29-22(32)15-31-27-26(35-28(31)33)23(17-9-11-21(12-10-17)30(2)3)24-18-7-8-19(14-18)25(24)34-27/h4-6,9-13,18-19,23-25H,7-8,14-15H2,1-3H3,(H,29,32)/t18-,19-,23-,24-,25+/m0/s1. The fourth-order valence-electron chi connectivity index (χ4n) is 6.51. The molecule has 7 heteroatoms. The molecule has 2 aliphatic carbocycles. The Morgan fingerprint density at radius 3 is 2.63 bits per heavy atom. The first-order valence-electron chi connectivity index (χ1n) is 12.4. The molecule has 1 aliphatic heterocycles. The highest BCUT2D eigenvalue weighted by Crippen LogP contribution is 2.64. The van der Waals surface area contributed by atoms with Crippen molar-refractivity contribution >= 4 is 40.4 Å². The molecule has 2 fully saturated rings. The van der Waals surface area contributed by atoms with Crippen molar-refractivity contribution in [3.63, 3.8) is 0 Å². The van der Waals surface area contributed by atoms with E-state index >= 15 is 0 Å². The van der Waals surface area contributed by atoms with Crippen LogP contribution < -0.4 is 15.1 Å². The average Bonchev–Trinajstić information content (AvgIpc) is 3.52. The Morgan fingerprint density at radius 2 is 1.89 bits per heavy atom. The number of carbonyl (C=O) groups excluding carboxylic acids is 1. The molecular weight excluding hydrogens is 474 g/mol. The number of nitrogens with one attached hydrogen (secondary N) is 1. The molecule has 3 aromatic rings. The first-order valence-corrected chi connectivity index (χ1v) is 14.1. The molecule has 2 aromatic carbocycles. The third kappa shape index (κ3) is 4.02. The van der Waals surface area contributed by atoms with Crippen molar-refractivity contribution < 1.29 is 4.79 Å². The van der Waals surface area contributed by atoms with Gasteiger partial charge >= 0.3 is 4.87 Å². The number of benzene rings is 2. The van der Waals surface area contributed by atoms with E-state index in [-0.39, 0.29) is 23.2 Å². The smallest absolute Gasteiger partial charge is 0.308 e. The normalized spacial score (nSPS) is 26.3. The lowest BCUT2D eigenvalue weighted by molar-refractivity contribution is -0.116. The molecule has 35 heavy (non-hydrogen) atoms. The Bertz CT molecular complexity index is 1330. The van der Waals surface area contributed by atoms with Gasteiger partial charge in [-0.25, -0.2) is 0 Å². The summed E-state index contributed by atoms with van der Waals surface area (Å²) in [6.07, 6.45) is 3.91. The van der Waals surface area contributed by atoms with Crippen LogP contribution in [0.1, 0.15) is 41.2 Å². The number of carbonyl (C=O) groups is 1. The third-order valence-electron chi connectivity index (χ3n) is 8.06. The van der Waals surface area contributed by atoms with E-state index in [4.69, 9.17) is 0 Å². The van der Waals surface area contributed by atoms with E-state index in [1.54, 1.807) is 4.57 Å². The molecule has 2 saturated carbocycles. The Labute approximate surface area is 214 Å². The van der Waals surface area contributed by atoms with E-state index in [1.807, 2.05) is 43.0 Å². The number of amides is 1. The number of anilines is 2. The topological polar surface area (TPSA) is 54.3 Å². The van der Waals surface area contributed by atoms with E-state index < -0.39 is 0 Å². The van der Waals surface area contributed by atoms with Crippen LogP contribution in [0.25, 0.3) is 0 Å². The van der Waals surface area contributed by atoms with E-state index in [9.17, 15) is 9.59 Å². The molecule has 5 atom stereocenters. The molecular formula is C28H31N3O2S2. The van der Waals surface area contributed by atoms with Crippen molar-refractivity contribution in [3.8, 4) is 0 Å². The third-order valence-corrected chi connectivity index (χ3v) is 10.9. The maximum Gasteiger partial charge on any atom is 0.308 e. The lowest BCUT2D eigenvalue weighted by atomic mass is 9.75. The molecule has 1 aromatic heterocycles.